The van der Waals surface area contributed by atoms with Gasteiger partial charge in [0.1, 0.15) is 0 Å². The molecule has 0 spiro atoms. The maximum absolute atomic E-state index is 2.48. The Balaban J connectivity index is 1.68. The number of fused-ring (bicyclic) bond motifs is 1. The van der Waals surface area contributed by atoms with Crippen LogP contribution in [0, 0.1) is 5.92 Å². The molecule has 0 fully saturated rings. The van der Waals surface area contributed by atoms with Crippen LogP contribution in [-0.2, 0) is 12.8 Å². The molecule has 0 heteroatoms. The van der Waals surface area contributed by atoms with Gasteiger partial charge in [-0.1, -0.05) is 88.6 Å². The maximum atomic E-state index is 2.48. The highest BCUT2D eigenvalue weighted by Crippen LogP contribution is 2.36. The van der Waals surface area contributed by atoms with Gasteiger partial charge in [0.2, 0.25) is 0 Å². The lowest BCUT2D eigenvalue weighted by atomic mass is 9.79. The first-order valence-electron chi connectivity index (χ1n) is 10.3. The Bertz CT molecular complexity index is 655. The predicted octanol–water partition coefficient (Wildman–Crippen LogP) is 7.28. The molecule has 0 aliphatic heterocycles. The smallest absolute Gasteiger partial charge is 0.0156 e. The fraction of sp³-hybridized carbons (Fsp3) is 0.520. The van der Waals surface area contributed by atoms with Crippen LogP contribution in [0.1, 0.15) is 87.0 Å². The van der Waals surface area contributed by atoms with Crippen LogP contribution in [0.25, 0.3) is 0 Å². The minimum absolute atomic E-state index is 0.637. The van der Waals surface area contributed by atoms with Gasteiger partial charge in [-0.2, -0.15) is 0 Å². The molecule has 0 heterocycles. The topological polar surface area (TPSA) is 0 Å². The largest absolute Gasteiger partial charge is 0.0654 e. The molecule has 3 unspecified atom stereocenters. The van der Waals surface area contributed by atoms with Gasteiger partial charge in [-0.15, -0.1) is 0 Å². The molecule has 0 aromatic heterocycles. The Labute approximate surface area is 154 Å². The van der Waals surface area contributed by atoms with Gasteiger partial charge in [0, 0.05) is 0 Å². The summed E-state index contributed by atoms with van der Waals surface area (Å²) >= 11 is 0. The lowest BCUT2D eigenvalue weighted by Crippen LogP contribution is -2.11. The van der Waals surface area contributed by atoms with Crippen LogP contribution in [0.4, 0.5) is 0 Å². The second-order valence-corrected chi connectivity index (χ2v) is 8.24. The van der Waals surface area contributed by atoms with E-state index in [0.29, 0.717) is 11.8 Å². The SMILES string of the molecule is CCCC(C)CCC(CC(C)c1ccc2c(c1)CC2)c1ccccc1. The van der Waals surface area contributed by atoms with E-state index in [1.54, 1.807) is 16.7 Å². The molecule has 3 atom stereocenters. The van der Waals surface area contributed by atoms with Crippen LogP contribution in [-0.4, -0.2) is 0 Å². The maximum Gasteiger partial charge on any atom is -0.0156 e. The van der Waals surface area contributed by atoms with Crippen LogP contribution in [0.5, 0.6) is 0 Å². The van der Waals surface area contributed by atoms with Crippen molar-refractivity contribution in [3.63, 3.8) is 0 Å². The average Bonchev–Trinajstić information content (AvgIpc) is 2.60. The van der Waals surface area contributed by atoms with Crippen molar-refractivity contribution in [1.29, 1.82) is 0 Å². The van der Waals surface area contributed by atoms with Gasteiger partial charge in [-0.25, -0.2) is 0 Å². The van der Waals surface area contributed by atoms with Gasteiger partial charge in [-0.05, 0) is 65.7 Å². The van der Waals surface area contributed by atoms with Gasteiger partial charge in [0.15, 0.2) is 0 Å². The van der Waals surface area contributed by atoms with Gasteiger partial charge in [0.25, 0.3) is 0 Å². The minimum atomic E-state index is 0.637. The number of rotatable bonds is 9. The van der Waals surface area contributed by atoms with E-state index in [0.717, 1.165) is 5.92 Å². The summed E-state index contributed by atoms with van der Waals surface area (Å²) in [6, 6.07) is 18.4. The number of hydrogen-bond acceptors (Lipinski definition) is 0. The zero-order valence-corrected chi connectivity index (χ0v) is 16.3. The summed E-state index contributed by atoms with van der Waals surface area (Å²) in [5.74, 6) is 2.17. The first kappa shape index (κ1) is 18.2. The van der Waals surface area contributed by atoms with E-state index in [1.165, 1.54) is 50.5 Å². The Morgan fingerprint density at radius 3 is 2.20 bits per heavy atom. The summed E-state index contributed by atoms with van der Waals surface area (Å²) in [5.41, 5.74) is 6.24. The molecule has 0 bridgehead atoms. The quantitative estimate of drug-likeness (QED) is 0.452. The lowest BCUT2D eigenvalue weighted by molar-refractivity contribution is 0.420. The van der Waals surface area contributed by atoms with E-state index in [9.17, 15) is 0 Å². The van der Waals surface area contributed by atoms with E-state index in [-0.39, 0.29) is 0 Å². The van der Waals surface area contributed by atoms with Crippen LogP contribution in [0.3, 0.4) is 0 Å². The number of benzene rings is 2. The van der Waals surface area contributed by atoms with Gasteiger partial charge >= 0.3 is 0 Å². The second-order valence-electron chi connectivity index (χ2n) is 8.24. The summed E-state index contributed by atoms with van der Waals surface area (Å²) in [4.78, 5) is 0. The van der Waals surface area contributed by atoms with Crippen molar-refractivity contribution < 1.29 is 0 Å². The zero-order valence-electron chi connectivity index (χ0n) is 16.3. The monoisotopic (exact) mass is 334 g/mol. The summed E-state index contributed by atoms with van der Waals surface area (Å²) < 4.78 is 0. The summed E-state index contributed by atoms with van der Waals surface area (Å²) in [6.45, 7) is 7.15. The molecule has 0 N–H and O–H groups in total. The van der Waals surface area contributed by atoms with Crippen LogP contribution in [0.15, 0.2) is 48.5 Å². The summed E-state index contributed by atoms with van der Waals surface area (Å²) in [6.07, 6.45) is 9.18. The first-order chi connectivity index (χ1) is 12.2. The van der Waals surface area contributed by atoms with Gasteiger partial charge in [-0.3, -0.25) is 0 Å². The lowest BCUT2D eigenvalue weighted by Gasteiger charge is -2.25. The van der Waals surface area contributed by atoms with E-state index in [2.05, 4.69) is 69.3 Å². The van der Waals surface area contributed by atoms with Crippen molar-refractivity contribution in [3.05, 3.63) is 70.8 Å². The Kier molecular flexibility index (Phi) is 6.34. The molecular formula is C25H34. The highest BCUT2D eigenvalue weighted by atomic mass is 14.2. The minimum Gasteiger partial charge on any atom is -0.0654 e. The molecule has 1 aliphatic carbocycles. The van der Waals surface area contributed by atoms with E-state index < -0.39 is 0 Å². The van der Waals surface area contributed by atoms with Crippen LogP contribution < -0.4 is 0 Å². The molecule has 0 saturated carbocycles. The fourth-order valence-corrected chi connectivity index (χ4v) is 4.35. The fourth-order valence-electron chi connectivity index (χ4n) is 4.35. The summed E-state index contributed by atoms with van der Waals surface area (Å²) in [5, 5.41) is 0. The molecule has 0 saturated heterocycles. The van der Waals surface area contributed by atoms with E-state index in [4.69, 9.17) is 0 Å². The third kappa shape index (κ3) is 4.75. The molecule has 0 nitrogen and oxygen atoms in total. The van der Waals surface area contributed by atoms with Crippen molar-refractivity contribution >= 4 is 0 Å². The number of hydrogen-bond donors (Lipinski definition) is 0. The van der Waals surface area contributed by atoms with Crippen molar-refractivity contribution in [2.45, 2.75) is 77.6 Å². The molecular weight excluding hydrogens is 300 g/mol. The third-order valence-electron chi connectivity index (χ3n) is 6.16. The summed E-state index contributed by atoms with van der Waals surface area (Å²) in [7, 11) is 0. The van der Waals surface area contributed by atoms with Crippen molar-refractivity contribution in [2.75, 3.05) is 0 Å². The molecule has 2 aromatic carbocycles. The third-order valence-corrected chi connectivity index (χ3v) is 6.16. The molecule has 134 valence electrons. The Morgan fingerprint density at radius 2 is 1.56 bits per heavy atom. The van der Waals surface area contributed by atoms with E-state index >= 15 is 0 Å². The van der Waals surface area contributed by atoms with Gasteiger partial charge in [0.05, 0.1) is 0 Å². The van der Waals surface area contributed by atoms with Crippen molar-refractivity contribution in [3.8, 4) is 0 Å². The second kappa shape index (κ2) is 8.70. The highest BCUT2D eigenvalue weighted by Gasteiger charge is 2.20. The van der Waals surface area contributed by atoms with Gasteiger partial charge < -0.3 is 0 Å². The predicted molar refractivity (Wildman–Crippen MR) is 109 cm³/mol. The molecule has 1 aliphatic rings. The standard InChI is InChI=1S/C25H34/c1-4-8-19(2)11-12-24(21-9-6-5-7-10-21)17-20(3)23-15-13-22-14-16-25(22)18-23/h5-7,9-10,13,15,18-20,24H,4,8,11-12,14,16-17H2,1-3H3. The molecule has 3 rings (SSSR count). The highest BCUT2D eigenvalue weighted by molar-refractivity contribution is 5.40. The molecule has 0 amide bonds. The molecule has 25 heavy (non-hydrogen) atoms. The van der Waals surface area contributed by atoms with Crippen LogP contribution in [0.2, 0.25) is 0 Å². The normalized spacial score (nSPS) is 16.6. The Morgan fingerprint density at radius 1 is 0.800 bits per heavy atom. The molecule has 2 aromatic rings. The Hall–Kier alpha value is -1.56. The number of aryl methyl sites for hydroxylation is 2. The molecule has 0 radical (unpaired) electrons. The zero-order chi connectivity index (χ0) is 17.6. The van der Waals surface area contributed by atoms with Crippen molar-refractivity contribution in [1.82, 2.24) is 0 Å². The first-order valence-corrected chi connectivity index (χ1v) is 10.3. The van der Waals surface area contributed by atoms with Crippen LogP contribution >= 0.6 is 0 Å². The average molecular weight is 335 g/mol. The van der Waals surface area contributed by atoms with E-state index in [1.807, 2.05) is 0 Å². The van der Waals surface area contributed by atoms with Crippen molar-refractivity contribution in [2.24, 2.45) is 5.92 Å².